The molecule has 0 fully saturated rings. The highest BCUT2D eigenvalue weighted by Crippen LogP contribution is 2.24. The maximum Gasteiger partial charge on any atom is 0.406 e. The first-order chi connectivity index (χ1) is 7.18. The quantitative estimate of drug-likeness (QED) is 0.463. The van der Waals surface area contributed by atoms with Gasteiger partial charge >= 0.3 is 5.82 Å². The fourth-order valence-corrected chi connectivity index (χ4v) is 1.65. The van der Waals surface area contributed by atoms with Crippen molar-refractivity contribution in [3.8, 4) is 0 Å². The van der Waals surface area contributed by atoms with Crippen molar-refractivity contribution >= 4 is 11.6 Å². The van der Waals surface area contributed by atoms with Gasteiger partial charge < -0.3 is 15.4 Å². The maximum absolute atomic E-state index is 10.7. The molecule has 0 aromatic carbocycles. The van der Waals surface area contributed by atoms with Crippen LogP contribution < -0.4 is 5.32 Å². The lowest BCUT2D eigenvalue weighted by Crippen LogP contribution is -2.17. The number of anilines is 1. The summed E-state index contributed by atoms with van der Waals surface area (Å²) in [6, 6.07) is 0.249. The number of hydrogen-bond acceptors (Lipinski definition) is 4. The predicted octanol–water partition coefficient (Wildman–Crippen LogP) is 1.46. The number of aromatic nitrogens is 2. The highest BCUT2D eigenvalue weighted by molar-refractivity contribution is 5.53. The summed E-state index contributed by atoms with van der Waals surface area (Å²) in [6.45, 7) is 0. The van der Waals surface area contributed by atoms with E-state index in [1.165, 1.54) is 6.33 Å². The number of nitrogens with one attached hydrogen (secondary N) is 1. The third kappa shape index (κ3) is 1.83. The van der Waals surface area contributed by atoms with E-state index in [4.69, 9.17) is 0 Å². The molecule has 0 unspecified atom stereocenters. The Morgan fingerprint density at radius 1 is 1.60 bits per heavy atom. The van der Waals surface area contributed by atoms with Gasteiger partial charge in [-0.25, -0.2) is 0 Å². The Kier molecular flexibility index (Phi) is 2.40. The molecule has 0 radical (unpaired) electrons. The van der Waals surface area contributed by atoms with E-state index in [-0.39, 0.29) is 11.9 Å². The van der Waals surface area contributed by atoms with E-state index < -0.39 is 4.92 Å². The first-order valence-corrected chi connectivity index (χ1v) is 4.75. The van der Waals surface area contributed by atoms with Gasteiger partial charge in [-0.1, -0.05) is 12.2 Å². The Morgan fingerprint density at radius 3 is 2.87 bits per heavy atom. The first-order valence-electron chi connectivity index (χ1n) is 4.75. The average Bonchev–Trinajstić information content (AvgIpc) is 2.78. The summed E-state index contributed by atoms with van der Waals surface area (Å²) in [4.78, 5) is 14.0. The van der Waals surface area contributed by atoms with Crippen LogP contribution in [0.15, 0.2) is 18.5 Å². The van der Waals surface area contributed by atoms with Crippen LogP contribution in [0.3, 0.4) is 0 Å². The zero-order valence-corrected chi connectivity index (χ0v) is 8.38. The molecule has 0 amide bonds. The number of aryl methyl sites for hydroxylation is 1. The third-order valence-electron chi connectivity index (χ3n) is 2.44. The van der Waals surface area contributed by atoms with E-state index in [1.807, 2.05) is 0 Å². The largest absolute Gasteiger partial charge is 0.406 e. The first kappa shape index (κ1) is 9.70. The van der Waals surface area contributed by atoms with Crippen molar-refractivity contribution in [3.63, 3.8) is 0 Å². The molecule has 1 aromatic heterocycles. The van der Waals surface area contributed by atoms with Gasteiger partial charge in [0, 0.05) is 13.1 Å². The number of nitrogens with zero attached hydrogens (tertiary/aromatic N) is 3. The van der Waals surface area contributed by atoms with E-state index in [0.717, 1.165) is 12.8 Å². The van der Waals surface area contributed by atoms with E-state index in [9.17, 15) is 10.1 Å². The lowest BCUT2D eigenvalue weighted by molar-refractivity contribution is -0.388. The fraction of sp³-hybridized carbons (Fsp3) is 0.444. The number of nitro groups is 1. The van der Waals surface area contributed by atoms with Crippen molar-refractivity contribution < 1.29 is 4.92 Å². The second kappa shape index (κ2) is 3.72. The van der Waals surface area contributed by atoms with Crippen molar-refractivity contribution in [2.45, 2.75) is 18.9 Å². The molecule has 15 heavy (non-hydrogen) atoms. The molecule has 1 heterocycles. The molecule has 0 spiro atoms. The van der Waals surface area contributed by atoms with Gasteiger partial charge in [0.2, 0.25) is 12.1 Å². The van der Waals surface area contributed by atoms with E-state index in [2.05, 4.69) is 22.5 Å². The van der Waals surface area contributed by atoms with Crippen molar-refractivity contribution in [1.82, 2.24) is 9.55 Å². The number of hydrogen-bond donors (Lipinski definition) is 1. The Labute approximate surface area is 86.8 Å². The highest BCUT2D eigenvalue weighted by atomic mass is 16.6. The van der Waals surface area contributed by atoms with Crippen LogP contribution in [0.2, 0.25) is 0 Å². The minimum Gasteiger partial charge on any atom is -0.361 e. The van der Waals surface area contributed by atoms with Crippen molar-refractivity contribution in [2.24, 2.45) is 7.05 Å². The van der Waals surface area contributed by atoms with Gasteiger partial charge in [0.15, 0.2) is 0 Å². The summed E-state index contributed by atoms with van der Waals surface area (Å²) in [5.41, 5.74) is 0. The van der Waals surface area contributed by atoms with Gasteiger partial charge in [0.1, 0.15) is 0 Å². The fourth-order valence-electron chi connectivity index (χ4n) is 1.65. The normalized spacial score (nSPS) is 15.8. The molecule has 0 aliphatic heterocycles. The zero-order valence-electron chi connectivity index (χ0n) is 8.38. The lowest BCUT2D eigenvalue weighted by Gasteiger charge is -2.12. The standard InChI is InChI=1S/C9H12N4O2/c1-12-6-10-8(13(14)15)9(12)11-7-4-2-3-5-7/h2-3,6-7,11H,4-5H2,1H3. The van der Waals surface area contributed by atoms with E-state index in [0.29, 0.717) is 5.82 Å². The van der Waals surface area contributed by atoms with Crippen molar-refractivity contribution in [2.75, 3.05) is 5.32 Å². The smallest absolute Gasteiger partial charge is 0.361 e. The summed E-state index contributed by atoms with van der Waals surface area (Å²) in [5, 5.41) is 13.8. The van der Waals surface area contributed by atoms with Crippen molar-refractivity contribution in [3.05, 3.63) is 28.6 Å². The maximum atomic E-state index is 10.7. The molecule has 6 nitrogen and oxygen atoms in total. The molecule has 1 N–H and O–H groups in total. The molecule has 6 heteroatoms. The Balaban J connectivity index is 2.18. The van der Waals surface area contributed by atoms with E-state index >= 15 is 0 Å². The Morgan fingerprint density at radius 2 is 2.27 bits per heavy atom. The van der Waals surface area contributed by atoms with Crippen LogP contribution in [0.4, 0.5) is 11.6 Å². The molecule has 0 atom stereocenters. The molecule has 1 aromatic rings. The van der Waals surface area contributed by atoms with Crippen LogP contribution in [0.1, 0.15) is 12.8 Å². The Bertz CT molecular complexity index is 402. The monoisotopic (exact) mass is 208 g/mol. The third-order valence-corrected chi connectivity index (χ3v) is 2.44. The van der Waals surface area contributed by atoms with Crippen LogP contribution in [0.5, 0.6) is 0 Å². The van der Waals surface area contributed by atoms with Gasteiger partial charge in [0.05, 0.1) is 0 Å². The summed E-state index contributed by atoms with van der Waals surface area (Å²) < 4.78 is 1.64. The zero-order chi connectivity index (χ0) is 10.8. The SMILES string of the molecule is Cn1cnc([N+](=O)[O-])c1NC1CC=CC1. The van der Waals surface area contributed by atoms with Gasteiger partial charge in [-0.05, 0) is 22.7 Å². The summed E-state index contributed by atoms with van der Waals surface area (Å²) >= 11 is 0. The molecule has 0 saturated carbocycles. The minimum atomic E-state index is -0.468. The van der Waals surface area contributed by atoms with Gasteiger partial charge in [0.25, 0.3) is 0 Å². The van der Waals surface area contributed by atoms with Gasteiger partial charge in [-0.15, -0.1) is 0 Å². The predicted molar refractivity (Wildman–Crippen MR) is 55.6 cm³/mol. The second-order valence-electron chi connectivity index (χ2n) is 3.57. The van der Waals surface area contributed by atoms with Crippen LogP contribution in [0.25, 0.3) is 0 Å². The van der Waals surface area contributed by atoms with Crippen LogP contribution in [-0.2, 0) is 7.05 Å². The molecule has 80 valence electrons. The van der Waals surface area contributed by atoms with Gasteiger partial charge in [-0.2, -0.15) is 0 Å². The lowest BCUT2D eigenvalue weighted by atomic mass is 10.2. The second-order valence-corrected chi connectivity index (χ2v) is 3.57. The molecule has 2 rings (SSSR count). The molecule has 1 aliphatic carbocycles. The van der Waals surface area contributed by atoms with Crippen LogP contribution in [-0.4, -0.2) is 20.5 Å². The molecule has 1 aliphatic rings. The molecular formula is C9H12N4O2. The van der Waals surface area contributed by atoms with Crippen LogP contribution >= 0.6 is 0 Å². The van der Waals surface area contributed by atoms with Gasteiger partial charge in [-0.3, -0.25) is 4.57 Å². The molecular weight excluding hydrogens is 196 g/mol. The van der Waals surface area contributed by atoms with Crippen LogP contribution in [0, 0.1) is 10.1 Å². The van der Waals surface area contributed by atoms with E-state index in [1.54, 1.807) is 11.6 Å². The molecule has 0 saturated heterocycles. The average molecular weight is 208 g/mol. The molecule has 0 bridgehead atoms. The number of rotatable bonds is 3. The Hall–Kier alpha value is -1.85. The topological polar surface area (TPSA) is 73.0 Å². The minimum absolute atomic E-state index is 0.107. The summed E-state index contributed by atoms with van der Waals surface area (Å²) in [6.07, 6.45) is 7.40. The highest BCUT2D eigenvalue weighted by Gasteiger charge is 2.22. The summed E-state index contributed by atoms with van der Waals surface area (Å²) in [5.74, 6) is 0.373. The number of imidazole rings is 1. The van der Waals surface area contributed by atoms with Crippen molar-refractivity contribution in [1.29, 1.82) is 0 Å². The summed E-state index contributed by atoms with van der Waals surface area (Å²) in [7, 11) is 1.74.